The molecule has 5 aliphatic rings. The maximum Gasteiger partial charge on any atom is 0.456 e. The molecule has 4 fully saturated rings. The number of benzene rings is 2. The van der Waals surface area contributed by atoms with Crippen LogP contribution in [0.3, 0.4) is 0 Å². The summed E-state index contributed by atoms with van der Waals surface area (Å²) >= 11 is 0. The molecule has 1 heterocycles. The molecule has 2 amide bonds. The fourth-order valence-electron chi connectivity index (χ4n) is 10.1. The third-order valence-corrected chi connectivity index (χ3v) is 12.8. The lowest BCUT2D eigenvalue weighted by molar-refractivity contribution is -0.362. The first-order valence-corrected chi connectivity index (χ1v) is 18.0. The third-order valence-electron chi connectivity index (χ3n) is 12.8. The van der Waals surface area contributed by atoms with Gasteiger partial charge in [-0.15, -0.1) is 0 Å². The van der Waals surface area contributed by atoms with Crippen LogP contribution in [0.5, 0.6) is 0 Å². The molecule has 6 atom stereocenters. The SMILES string of the molecule is CC1(C)COC2(CCC3=C4[C@@H](CC[C@@]3(O)C2)[C@@H]2CC[C@@](O)(C(F)(F)C(F)(F)F)[C@@]2(C)C[C@@H]4c2ccc(CNC(=O)Nc3ccc(F)cc3)cc2)OC1. The molecule has 52 heavy (non-hydrogen) atoms. The number of fused-ring (bicyclic) bond motifs is 4. The number of alkyl halides is 5. The molecule has 13 heteroatoms. The third kappa shape index (κ3) is 6.03. The maximum atomic E-state index is 15.4. The van der Waals surface area contributed by atoms with Crippen molar-refractivity contribution in [2.75, 3.05) is 18.5 Å². The van der Waals surface area contributed by atoms with Crippen molar-refractivity contribution in [3.63, 3.8) is 0 Å². The summed E-state index contributed by atoms with van der Waals surface area (Å²) < 4.78 is 98.6. The predicted octanol–water partition coefficient (Wildman–Crippen LogP) is 8.37. The summed E-state index contributed by atoms with van der Waals surface area (Å²) in [5.41, 5.74) is -3.21. The summed E-state index contributed by atoms with van der Waals surface area (Å²) in [7, 11) is 0. The van der Waals surface area contributed by atoms with Crippen LogP contribution >= 0.6 is 0 Å². The van der Waals surface area contributed by atoms with Crippen molar-refractivity contribution in [2.24, 2.45) is 22.7 Å². The zero-order chi connectivity index (χ0) is 37.5. The van der Waals surface area contributed by atoms with Crippen LogP contribution in [0.1, 0.15) is 89.2 Å². The Morgan fingerprint density at radius 1 is 0.904 bits per heavy atom. The molecular weight excluding hydrogens is 690 g/mol. The lowest BCUT2D eigenvalue weighted by atomic mass is 9.49. The number of ether oxygens (including phenoxy) is 2. The number of hydrogen-bond donors (Lipinski definition) is 4. The van der Waals surface area contributed by atoms with Crippen molar-refractivity contribution < 1.29 is 50.8 Å². The molecule has 284 valence electrons. The van der Waals surface area contributed by atoms with Crippen LogP contribution in [-0.2, 0) is 16.0 Å². The van der Waals surface area contributed by atoms with Crippen LogP contribution < -0.4 is 10.6 Å². The number of carbonyl (C=O) groups excluding carboxylic acids is 1. The first-order valence-electron chi connectivity index (χ1n) is 18.0. The molecule has 2 aromatic rings. The Labute approximate surface area is 299 Å². The number of nitrogens with one attached hydrogen (secondary N) is 2. The van der Waals surface area contributed by atoms with Gasteiger partial charge >= 0.3 is 18.1 Å². The molecule has 2 aromatic carbocycles. The first-order chi connectivity index (χ1) is 24.2. The number of carbonyl (C=O) groups is 1. The summed E-state index contributed by atoms with van der Waals surface area (Å²) in [6.07, 6.45) is -5.11. The smallest absolute Gasteiger partial charge is 0.385 e. The van der Waals surface area contributed by atoms with Crippen LogP contribution in [0.25, 0.3) is 0 Å². The average molecular weight is 737 g/mol. The number of rotatable bonds is 5. The topological polar surface area (TPSA) is 100 Å². The first kappa shape index (κ1) is 37.2. The Balaban J connectivity index is 1.21. The van der Waals surface area contributed by atoms with Crippen molar-refractivity contribution in [1.29, 1.82) is 0 Å². The zero-order valence-electron chi connectivity index (χ0n) is 29.5. The van der Waals surface area contributed by atoms with E-state index in [0.29, 0.717) is 49.3 Å². The van der Waals surface area contributed by atoms with Crippen molar-refractivity contribution in [3.8, 4) is 0 Å². The molecule has 0 unspecified atom stereocenters. The van der Waals surface area contributed by atoms with E-state index in [2.05, 4.69) is 10.6 Å². The fraction of sp³-hybridized carbons (Fsp3) is 0.615. The van der Waals surface area contributed by atoms with Crippen molar-refractivity contribution in [3.05, 3.63) is 76.6 Å². The van der Waals surface area contributed by atoms with Gasteiger partial charge in [-0.25, -0.2) is 9.18 Å². The zero-order valence-corrected chi connectivity index (χ0v) is 29.5. The number of aliphatic hydroxyl groups is 2. The van der Waals surface area contributed by atoms with Gasteiger partial charge < -0.3 is 30.3 Å². The van der Waals surface area contributed by atoms with Gasteiger partial charge in [0.1, 0.15) is 11.4 Å². The lowest BCUT2D eigenvalue weighted by Crippen LogP contribution is -2.65. The van der Waals surface area contributed by atoms with Crippen LogP contribution in [0.4, 0.5) is 36.8 Å². The summed E-state index contributed by atoms with van der Waals surface area (Å²) in [6.45, 7) is 6.50. The van der Waals surface area contributed by atoms with Gasteiger partial charge in [-0.2, -0.15) is 22.0 Å². The number of halogens is 6. The molecule has 7 rings (SSSR count). The monoisotopic (exact) mass is 736 g/mol. The van der Waals surface area contributed by atoms with Gasteiger partial charge in [0.05, 0.1) is 18.8 Å². The quantitative estimate of drug-likeness (QED) is 0.183. The van der Waals surface area contributed by atoms with E-state index in [9.17, 15) is 32.6 Å². The summed E-state index contributed by atoms with van der Waals surface area (Å²) in [4.78, 5) is 12.5. The summed E-state index contributed by atoms with van der Waals surface area (Å²) in [6, 6.07) is 11.8. The lowest BCUT2D eigenvalue weighted by Gasteiger charge is -2.59. The highest BCUT2D eigenvalue weighted by molar-refractivity contribution is 5.89. The normalized spacial score (nSPS) is 33.9. The molecule has 4 N–H and O–H groups in total. The minimum absolute atomic E-state index is 0.00109. The molecule has 0 radical (unpaired) electrons. The van der Waals surface area contributed by atoms with Crippen molar-refractivity contribution in [2.45, 2.75) is 114 Å². The Morgan fingerprint density at radius 2 is 1.56 bits per heavy atom. The average Bonchev–Trinajstić information content (AvgIpc) is 3.36. The van der Waals surface area contributed by atoms with E-state index >= 15 is 8.78 Å². The number of allylic oxidation sites excluding steroid dienone is 1. The van der Waals surface area contributed by atoms with Gasteiger partial charge in [-0.3, -0.25) is 0 Å². The standard InChI is InChI=1S/C39H46F6N2O5/c1-33(2)21-51-36(52-22-33)16-13-30-31-27(12-15-35(30,49)20-36)29-14-17-37(50,38(41,42)39(43,44)45)34(29,3)18-28(31)24-6-4-23(5-7-24)19-46-32(48)47-26-10-8-25(40)9-11-26/h4-11,27-29,49-50H,12-22H2,1-3H3,(H2,46,47,48)/t27-,28+,29-,34-,35+,37-/m0/s1. The van der Waals surface area contributed by atoms with Gasteiger partial charge in [-0.05, 0) is 91.3 Å². The van der Waals surface area contributed by atoms with E-state index in [0.717, 1.165) is 11.1 Å². The molecule has 1 spiro atoms. The largest absolute Gasteiger partial charge is 0.456 e. The van der Waals surface area contributed by atoms with Gasteiger partial charge in [0.15, 0.2) is 5.79 Å². The van der Waals surface area contributed by atoms with E-state index in [4.69, 9.17) is 9.47 Å². The van der Waals surface area contributed by atoms with Crippen LogP contribution in [0.2, 0.25) is 0 Å². The Bertz CT molecular complexity index is 1720. The molecule has 4 aliphatic carbocycles. The minimum atomic E-state index is -5.94. The Kier molecular flexibility index (Phi) is 8.91. The van der Waals surface area contributed by atoms with Gasteiger partial charge in [0.25, 0.3) is 0 Å². The highest BCUT2D eigenvalue weighted by Gasteiger charge is 2.79. The van der Waals surface area contributed by atoms with E-state index in [1.807, 2.05) is 13.8 Å². The van der Waals surface area contributed by atoms with E-state index in [1.54, 1.807) is 24.3 Å². The van der Waals surface area contributed by atoms with Gasteiger partial charge in [-0.1, -0.05) is 50.6 Å². The second kappa shape index (κ2) is 12.5. The number of anilines is 1. The highest BCUT2D eigenvalue weighted by atomic mass is 19.4. The predicted molar refractivity (Wildman–Crippen MR) is 180 cm³/mol. The molecule has 1 aliphatic heterocycles. The van der Waals surface area contributed by atoms with Crippen molar-refractivity contribution in [1.82, 2.24) is 5.32 Å². The summed E-state index contributed by atoms with van der Waals surface area (Å²) in [5, 5.41) is 29.3. The maximum absolute atomic E-state index is 15.4. The van der Waals surface area contributed by atoms with E-state index in [1.165, 1.54) is 31.2 Å². The second-order valence-corrected chi connectivity index (χ2v) is 16.7. The van der Waals surface area contributed by atoms with E-state index in [-0.39, 0.29) is 37.6 Å². The van der Waals surface area contributed by atoms with Crippen molar-refractivity contribution >= 4 is 11.7 Å². The summed E-state index contributed by atoms with van der Waals surface area (Å²) in [5.74, 6) is -8.49. The highest BCUT2D eigenvalue weighted by Crippen LogP contribution is 2.71. The van der Waals surface area contributed by atoms with Crippen LogP contribution in [-0.4, -0.2) is 58.5 Å². The number of urea groups is 1. The van der Waals surface area contributed by atoms with Crippen LogP contribution in [0, 0.1) is 28.5 Å². The van der Waals surface area contributed by atoms with Gasteiger partial charge in [0.2, 0.25) is 0 Å². The molecule has 0 bridgehead atoms. The minimum Gasteiger partial charge on any atom is -0.385 e. The Hall–Kier alpha value is -3.13. The molecule has 1 saturated heterocycles. The number of hydrogen-bond acceptors (Lipinski definition) is 5. The molecule has 0 aromatic heterocycles. The van der Waals surface area contributed by atoms with Gasteiger partial charge in [0, 0.05) is 41.8 Å². The number of amides is 2. The Morgan fingerprint density at radius 3 is 2.19 bits per heavy atom. The van der Waals surface area contributed by atoms with Crippen LogP contribution in [0.15, 0.2) is 59.7 Å². The molecular formula is C39H46F6N2O5. The second-order valence-electron chi connectivity index (χ2n) is 16.7. The fourth-order valence-corrected chi connectivity index (χ4v) is 10.1. The van der Waals surface area contributed by atoms with E-state index < -0.39 is 70.5 Å². The molecule has 3 saturated carbocycles. The molecule has 7 nitrogen and oxygen atoms in total.